The molecule has 2 N–H and O–H groups in total. The van der Waals surface area contributed by atoms with Crippen LogP contribution in [0.1, 0.15) is 6.92 Å². The summed E-state index contributed by atoms with van der Waals surface area (Å²) in [6.07, 6.45) is 0.187. The van der Waals surface area contributed by atoms with Crippen molar-refractivity contribution in [3.05, 3.63) is 42.3 Å². The van der Waals surface area contributed by atoms with E-state index >= 15 is 0 Å². The zero-order valence-corrected chi connectivity index (χ0v) is 19.3. The van der Waals surface area contributed by atoms with E-state index in [0.29, 0.717) is 35.7 Å². The first-order valence-corrected chi connectivity index (χ1v) is 12.6. The molecule has 0 radical (unpaired) electrons. The smallest absolute Gasteiger partial charge is 0.414 e. The van der Waals surface area contributed by atoms with Gasteiger partial charge in [-0.05, 0) is 37.3 Å². The number of nitrogens with two attached hydrogens (primary N) is 1. The van der Waals surface area contributed by atoms with Crippen LogP contribution < -0.4 is 15.5 Å². The molecule has 2 aromatic rings. The van der Waals surface area contributed by atoms with Gasteiger partial charge < -0.3 is 20.1 Å². The van der Waals surface area contributed by atoms with Crippen LogP contribution in [0.4, 0.5) is 20.7 Å². The number of carbonyl (C=O) groups excluding carboxylic acids is 2. The lowest BCUT2D eigenvalue weighted by Gasteiger charge is -2.27. The van der Waals surface area contributed by atoms with Gasteiger partial charge in [0, 0.05) is 30.4 Å². The van der Waals surface area contributed by atoms with Gasteiger partial charge >= 0.3 is 12.1 Å². The number of rotatable bonds is 6. The summed E-state index contributed by atoms with van der Waals surface area (Å²) in [7, 11) is -2.99. The number of anilines is 2. The van der Waals surface area contributed by atoms with Crippen LogP contribution in [-0.2, 0) is 24.1 Å². The number of aromatic nitrogens is 1. The van der Waals surface area contributed by atoms with E-state index in [0.717, 1.165) is 0 Å². The normalized spacial score (nSPS) is 20.7. The molecule has 4 rings (SSSR count). The van der Waals surface area contributed by atoms with Crippen LogP contribution in [0.5, 0.6) is 0 Å². The van der Waals surface area contributed by atoms with Crippen LogP contribution in [0.25, 0.3) is 11.1 Å². The number of hydrogen-bond donors (Lipinski definition) is 1. The number of halogens is 1. The Morgan fingerprint density at radius 1 is 1.29 bits per heavy atom. The molecular weight excluding hydrogens is 467 g/mol. The number of nitrogens with zero attached hydrogens (tertiary/aromatic N) is 3. The Bertz CT molecular complexity index is 1170. The predicted molar refractivity (Wildman–Crippen MR) is 123 cm³/mol. The Labute approximate surface area is 196 Å². The number of pyridine rings is 1. The summed E-state index contributed by atoms with van der Waals surface area (Å²) in [4.78, 5) is 31.2. The SMILES string of the molecule is CC(N)C(=O)OC[C@H]1CN(c2ccc(-c3ccc(N4CCS(=O)(=O)CC4)nc3)c(F)c2)C(=O)O1. The molecule has 182 valence electrons. The van der Waals surface area contributed by atoms with E-state index in [1.54, 1.807) is 24.3 Å². The molecule has 3 heterocycles. The molecule has 2 aliphatic rings. The van der Waals surface area contributed by atoms with Crippen LogP contribution in [0.3, 0.4) is 0 Å². The van der Waals surface area contributed by atoms with Gasteiger partial charge in [0.2, 0.25) is 0 Å². The van der Waals surface area contributed by atoms with Gasteiger partial charge in [-0.3, -0.25) is 9.69 Å². The summed E-state index contributed by atoms with van der Waals surface area (Å²) in [5, 5.41) is 0. The zero-order valence-electron chi connectivity index (χ0n) is 18.5. The zero-order chi connectivity index (χ0) is 24.5. The molecule has 10 nitrogen and oxygen atoms in total. The fraction of sp³-hybridized carbons (Fsp3) is 0.409. The lowest BCUT2D eigenvalue weighted by molar-refractivity contribution is -0.147. The second kappa shape index (κ2) is 9.55. The minimum absolute atomic E-state index is 0.0842. The highest BCUT2D eigenvalue weighted by Gasteiger charge is 2.34. The van der Waals surface area contributed by atoms with Gasteiger partial charge in [-0.2, -0.15) is 0 Å². The number of cyclic esters (lactones) is 1. The molecule has 0 spiro atoms. The minimum Gasteiger partial charge on any atom is -0.461 e. The molecule has 34 heavy (non-hydrogen) atoms. The molecule has 1 aromatic carbocycles. The van der Waals surface area contributed by atoms with Gasteiger partial charge in [0.1, 0.15) is 24.3 Å². The van der Waals surface area contributed by atoms with Crippen molar-refractivity contribution in [2.24, 2.45) is 5.73 Å². The van der Waals surface area contributed by atoms with Crippen molar-refractivity contribution in [2.75, 3.05) is 47.5 Å². The summed E-state index contributed by atoms with van der Waals surface area (Å²) >= 11 is 0. The molecule has 12 heteroatoms. The van der Waals surface area contributed by atoms with Crippen LogP contribution in [0.2, 0.25) is 0 Å². The fourth-order valence-electron chi connectivity index (χ4n) is 3.71. The third-order valence-electron chi connectivity index (χ3n) is 5.65. The highest BCUT2D eigenvalue weighted by atomic mass is 32.2. The van der Waals surface area contributed by atoms with E-state index in [1.807, 2.05) is 4.90 Å². The quantitative estimate of drug-likeness (QED) is 0.593. The van der Waals surface area contributed by atoms with Crippen molar-refractivity contribution in [3.8, 4) is 11.1 Å². The average Bonchev–Trinajstić information content (AvgIpc) is 3.18. The Kier molecular flexibility index (Phi) is 6.71. The van der Waals surface area contributed by atoms with E-state index in [-0.39, 0.29) is 24.7 Å². The van der Waals surface area contributed by atoms with Crippen LogP contribution >= 0.6 is 0 Å². The third kappa shape index (κ3) is 5.28. The molecule has 0 aliphatic carbocycles. The standard InChI is InChI=1S/C22H25FN4O6S/c1-14(24)21(28)32-13-17-12-27(22(29)33-17)16-3-4-18(19(23)10-16)15-2-5-20(25-11-15)26-6-8-34(30,31)9-7-26/h2-5,10-11,14,17H,6-9,12-13,24H2,1H3/t14?,17-/m1/s1. The van der Waals surface area contributed by atoms with Crippen molar-refractivity contribution < 1.29 is 31.9 Å². The minimum atomic E-state index is -2.99. The number of esters is 1. The van der Waals surface area contributed by atoms with Crippen molar-refractivity contribution in [2.45, 2.75) is 19.1 Å². The van der Waals surface area contributed by atoms with E-state index in [9.17, 15) is 22.4 Å². The Hall–Kier alpha value is -3.25. The van der Waals surface area contributed by atoms with E-state index in [4.69, 9.17) is 15.2 Å². The summed E-state index contributed by atoms with van der Waals surface area (Å²) in [6, 6.07) is 7.04. The molecule has 1 amide bonds. The fourth-order valence-corrected chi connectivity index (χ4v) is 4.91. The first-order valence-electron chi connectivity index (χ1n) is 10.7. The molecule has 2 atom stereocenters. The number of hydrogen-bond acceptors (Lipinski definition) is 9. The second-order valence-electron chi connectivity index (χ2n) is 8.24. The highest BCUT2D eigenvalue weighted by molar-refractivity contribution is 7.91. The molecule has 0 saturated carbocycles. The third-order valence-corrected chi connectivity index (χ3v) is 7.26. The molecule has 1 aromatic heterocycles. The maximum absolute atomic E-state index is 14.9. The molecular formula is C22H25FN4O6S. The van der Waals surface area contributed by atoms with Gasteiger partial charge in [0.05, 0.1) is 23.7 Å². The monoisotopic (exact) mass is 492 g/mol. The topological polar surface area (TPSA) is 132 Å². The van der Waals surface area contributed by atoms with Gasteiger partial charge in [-0.25, -0.2) is 22.6 Å². The van der Waals surface area contributed by atoms with Gasteiger partial charge in [-0.1, -0.05) is 0 Å². The number of carbonyl (C=O) groups is 2. The maximum Gasteiger partial charge on any atom is 0.414 e. The lowest BCUT2D eigenvalue weighted by Crippen LogP contribution is -2.40. The summed E-state index contributed by atoms with van der Waals surface area (Å²) in [6.45, 7) is 2.20. The van der Waals surface area contributed by atoms with Gasteiger partial charge in [0.15, 0.2) is 15.9 Å². The number of ether oxygens (including phenoxy) is 2. The van der Waals surface area contributed by atoms with Crippen LogP contribution in [0, 0.1) is 5.82 Å². The molecule has 2 saturated heterocycles. The summed E-state index contributed by atoms with van der Waals surface area (Å²) < 4.78 is 48.3. The molecule has 2 aliphatic heterocycles. The van der Waals surface area contributed by atoms with E-state index in [1.165, 1.54) is 24.1 Å². The maximum atomic E-state index is 14.9. The van der Waals surface area contributed by atoms with E-state index < -0.39 is 39.9 Å². The van der Waals surface area contributed by atoms with Crippen molar-refractivity contribution >= 4 is 33.4 Å². The molecule has 2 fully saturated rings. The van der Waals surface area contributed by atoms with Crippen LogP contribution in [-0.4, -0.2) is 75.4 Å². The second-order valence-corrected chi connectivity index (χ2v) is 10.5. The highest BCUT2D eigenvalue weighted by Crippen LogP contribution is 2.30. The average molecular weight is 493 g/mol. The Balaban J connectivity index is 1.42. The first kappa shape index (κ1) is 23.9. The predicted octanol–water partition coefficient (Wildman–Crippen LogP) is 1.34. The Morgan fingerprint density at radius 3 is 2.65 bits per heavy atom. The summed E-state index contributed by atoms with van der Waals surface area (Å²) in [5.74, 6) is -0.348. The van der Waals surface area contributed by atoms with E-state index in [2.05, 4.69) is 4.98 Å². The van der Waals surface area contributed by atoms with Gasteiger partial charge in [0.25, 0.3) is 0 Å². The van der Waals surface area contributed by atoms with Crippen molar-refractivity contribution in [1.82, 2.24) is 4.98 Å². The number of benzene rings is 1. The summed E-state index contributed by atoms with van der Waals surface area (Å²) in [5.41, 5.74) is 6.60. The van der Waals surface area contributed by atoms with Crippen molar-refractivity contribution in [3.63, 3.8) is 0 Å². The number of sulfone groups is 1. The largest absolute Gasteiger partial charge is 0.461 e. The van der Waals surface area contributed by atoms with Crippen LogP contribution in [0.15, 0.2) is 36.5 Å². The van der Waals surface area contributed by atoms with Gasteiger partial charge in [-0.15, -0.1) is 0 Å². The molecule has 0 bridgehead atoms. The number of amides is 1. The first-order chi connectivity index (χ1) is 16.1. The lowest BCUT2D eigenvalue weighted by atomic mass is 10.1. The Morgan fingerprint density at radius 2 is 2.03 bits per heavy atom. The van der Waals surface area contributed by atoms with Crippen molar-refractivity contribution in [1.29, 1.82) is 0 Å². The molecule has 1 unspecified atom stereocenters.